The number of hydrogen-bond acceptors (Lipinski definition) is 10. The third-order valence-corrected chi connectivity index (χ3v) is 3.50. The summed E-state index contributed by atoms with van der Waals surface area (Å²) in [7, 11) is 0. The molecule has 0 amide bonds. The Kier molecular flexibility index (Phi) is 9.32. The van der Waals surface area contributed by atoms with E-state index in [2.05, 4.69) is 30.5 Å². The Hall–Kier alpha value is -1.75. The van der Waals surface area contributed by atoms with Crippen molar-refractivity contribution in [2.45, 2.75) is 19.9 Å². The molecule has 0 aliphatic carbocycles. The fourth-order valence-electron chi connectivity index (χ4n) is 2.31. The second kappa shape index (κ2) is 11.8. The molecule has 1 fully saturated rings. The molecular weight excluding hydrogens is 338 g/mol. The van der Waals surface area contributed by atoms with E-state index >= 15 is 0 Å². The van der Waals surface area contributed by atoms with E-state index in [1.807, 2.05) is 13.8 Å². The minimum absolute atomic E-state index is 0.236. The lowest BCUT2D eigenvalue weighted by Crippen LogP contribution is -2.37. The molecule has 26 heavy (non-hydrogen) atoms. The van der Waals surface area contributed by atoms with Gasteiger partial charge in [0.1, 0.15) is 0 Å². The normalized spacial score (nSPS) is 14.7. The molecule has 4 N–H and O–H groups in total. The number of aromatic nitrogens is 3. The summed E-state index contributed by atoms with van der Waals surface area (Å²) in [6.45, 7) is 10.3. The summed E-state index contributed by atoms with van der Waals surface area (Å²) in [5.41, 5.74) is 5.35. The Morgan fingerprint density at radius 1 is 1.04 bits per heavy atom. The van der Waals surface area contributed by atoms with Crippen LogP contribution < -0.4 is 21.3 Å². The van der Waals surface area contributed by atoms with Gasteiger partial charge in [-0.15, -0.1) is 0 Å². The first kappa shape index (κ1) is 20.6. The molecule has 2 rings (SSSR count). The zero-order valence-corrected chi connectivity index (χ0v) is 15.7. The number of hydrogen-bond donors (Lipinski definition) is 3. The van der Waals surface area contributed by atoms with Crippen LogP contribution in [0.3, 0.4) is 0 Å². The maximum Gasteiger partial charge on any atom is 0.232 e. The zero-order chi connectivity index (χ0) is 18.6. The summed E-state index contributed by atoms with van der Waals surface area (Å²) >= 11 is 0. The van der Waals surface area contributed by atoms with Crippen molar-refractivity contribution in [3.8, 4) is 0 Å². The van der Waals surface area contributed by atoms with Crippen LogP contribution in [0.25, 0.3) is 0 Å². The lowest BCUT2D eigenvalue weighted by molar-refractivity contribution is 0.0547. The van der Waals surface area contributed by atoms with Gasteiger partial charge in [0.25, 0.3) is 0 Å². The molecule has 1 aromatic heterocycles. The van der Waals surface area contributed by atoms with Crippen LogP contribution in [0.1, 0.15) is 13.8 Å². The molecule has 1 aliphatic heterocycles. The van der Waals surface area contributed by atoms with Gasteiger partial charge in [-0.3, -0.25) is 0 Å². The van der Waals surface area contributed by atoms with E-state index in [9.17, 15) is 0 Å². The monoisotopic (exact) mass is 369 g/mol. The molecule has 0 radical (unpaired) electrons. The lowest BCUT2D eigenvalue weighted by Gasteiger charge is -2.27. The van der Waals surface area contributed by atoms with Crippen molar-refractivity contribution in [1.29, 1.82) is 0 Å². The van der Waals surface area contributed by atoms with E-state index in [0.717, 1.165) is 13.1 Å². The topological polar surface area (TPSA) is 120 Å². The number of morpholine rings is 1. The van der Waals surface area contributed by atoms with Crippen molar-refractivity contribution < 1.29 is 14.2 Å². The second-order valence-corrected chi connectivity index (χ2v) is 6.12. The van der Waals surface area contributed by atoms with E-state index in [0.29, 0.717) is 70.6 Å². The number of nitrogens with zero attached hydrogens (tertiary/aromatic N) is 4. The number of nitrogens with one attached hydrogen (secondary N) is 2. The number of anilines is 3. The standard InChI is InChI=1S/C16H31N7O3/c1-13(2)19-15-20-14(18-4-8-25-12-11-24-7-3-17)21-16(22-15)23-5-9-26-10-6-23/h13H,3-12,17H2,1-2H3,(H2,18,19,20,21,22). The van der Waals surface area contributed by atoms with Gasteiger partial charge in [-0.1, -0.05) is 0 Å². The fourth-order valence-corrected chi connectivity index (χ4v) is 2.31. The lowest BCUT2D eigenvalue weighted by atomic mass is 10.4. The summed E-state index contributed by atoms with van der Waals surface area (Å²) in [6.07, 6.45) is 0. The summed E-state index contributed by atoms with van der Waals surface area (Å²) in [4.78, 5) is 15.6. The summed E-state index contributed by atoms with van der Waals surface area (Å²) in [5.74, 6) is 1.76. The molecule has 1 aromatic rings. The number of nitrogens with two attached hydrogens (primary N) is 1. The Morgan fingerprint density at radius 2 is 1.73 bits per heavy atom. The highest BCUT2D eigenvalue weighted by molar-refractivity contribution is 5.44. The van der Waals surface area contributed by atoms with Crippen molar-refractivity contribution in [3.63, 3.8) is 0 Å². The summed E-state index contributed by atoms with van der Waals surface area (Å²) < 4.78 is 16.2. The maximum absolute atomic E-state index is 5.50. The van der Waals surface area contributed by atoms with Crippen LogP contribution in [0.2, 0.25) is 0 Å². The van der Waals surface area contributed by atoms with Crippen LogP contribution in [-0.4, -0.2) is 86.8 Å². The van der Waals surface area contributed by atoms with E-state index in [4.69, 9.17) is 19.9 Å². The number of rotatable bonds is 12. The van der Waals surface area contributed by atoms with Crippen LogP contribution in [0.4, 0.5) is 17.8 Å². The highest BCUT2D eigenvalue weighted by Gasteiger charge is 2.16. The van der Waals surface area contributed by atoms with E-state index in [1.54, 1.807) is 0 Å². The molecule has 0 unspecified atom stereocenters. The van der Waals surface area contributed by atoms with Crippen LogP contribution >= 0.6 is 0 Å². The van der Waals surface area contributed by atoms with E-state index in [-0.39, 0.29) is 6.04 Å². The van der Waals surface area contributed by atoms with Crippen molar-refractivity contribution in [1.82, 2.24) is 15.0 Å². The third kappa shape index (κ3) is 7.65. The second-order valence-electron chi connectivity index (χ2n) is 6.12. The smallest absolute Gasteiger partial charge is 0.232 e. The maximum atomic E-state index is 5.50. The molecule has 0 aromatic carbocycles. The molecule has 10 heteroatoms. The largest absolute Gasteiger partial charge is 0.378 e. The summed E-state index contributed by atoms with van der Waals surface area (Å²) in [6, 6.07) is 0.236. The molecule has 0 atom stereocenters. The van der Waals surface area contributed by atoms with Crippen LogP contribution in [-0.2, 0) is 14.2 Å². The van der Waals surface area contributed by atoms with Crippen LogP contribution in [0.15, 0.2) is 0 Å². The first-order valence-electron chi connectivity index (χ1n) is 9.13. The average Bonchev–Trinajstić information content (AvgIpc) is 2.64. The predicted octanol–water partition coefficient (Wildman–Crippen LogP) is -0.0677. The molecule has 0 spiro atoms. The van der Waals surface area contributed by atoms with Gasteiger partial charge in [0.2, 0.25) is 17.8 Å². The van der Waals surface area contributed by atoms with Gasteiger partial charge >= 0.3 is 0 Å². The summed E-state index contributed by atoms with van der Waals surface area (Å²) in [5, 5.41) is 6.43. The highest BCUT2D eigenvalue weighted by Crippen LogP contribution is 2.15. The SMILES string of the molecule is CC(C)Nc1nc(NCCOCCOCCN)nc(N2CCOCC2)n1. The minimum Gasteiger partial charge on any atom is -0.378 e. The average molecular weight is 369 g/mol. The predicted molar refractivity (Wildman–Crippen MR) is 101 cm³/mol. The zero-order valence-electron chi connectivity index (χ0n) is 15.7. The Balaban J connectivity index is 1.85. The Labute approximate surface area is 154 Å². The molecule has 10 nitrogen and oxygen atoms in total. The molecule has 1 saturated heterocycles. The quantitative estimate of drug-likeness (QED) is 0.432. The molecular formula is C16H31N7O3. The van der Waals surface area contributed by atoms with Gasteiger partial charge in [-0.2, -0.15) is 15.0 Å². The van der Waals surface area contributed by atoms with Gasteiger partial charge < -0.3 is 35.5 Å². The van der Waals surface area contributed by atoms with Crippen molar-refractivity contribution in [3.05, 3.63) is 0 Å². The minimum atomic E-state index is 0.236. The van der Waals surface area contributed by atoms with Crippen LogP contribution in [0, 0.1) is 0 Å². The van der Waals surface area contributed by atoms with Gasteiger partial charge in [-0.25, -0.2) is 0 Å². The van der Waals surface area contributed by atoms with E-state index in [1.165, 1.54) is 0 Å². The molecule has 148 valence electrons. The fraction of sp³-hybridized carbons (Fsp3) is 0.812. The van der Waals surface area contributed by atoms with Crippen molar-refractivity contribution >= 4 is 17.8 Å². The first-order chi connectivity index (χ1) is 12.7. The van der Waals surface area contributed by atoms with Crippen molar-refractivity contribution in [2.75, 3.05) is 81.4 Å². The van der Waals surface area contributed by atoms with E-state index < -0.39 is 0 Å². The van der Waals surface area contributed by atoms with Crippen molar-refractivity contribution in [2.24, 2.45) is 5.73 Å². The first-order valence-corrected chi connectivity index (χ1v) is 9.13. The number of ether oxygens (including phenoxy) is 3. The molecule has 0 saturated carbocycles. The Bertz CT molecular complexity index is 513. The molecule has 1 aliphatic rings. The highest BCUT2D eigenvalue weighted by atomic mass is 16.5. The van der Waals surface area contributed by atoms with Gasteiger partial charge in [0, 0.05) is 32.2 Å². The van der Waals surface area contributed by atoms with Gasteiger partial charge in [0.05, 0.1) is 39.6 Å². The van der Waals surface area contributed by atoms with Crippen LogP contribution in [0.5, 0.6) is 0 Å². The third-order valence-electron chi connectivity index (χ3n) is 3.50. The van der Waals surface area contributed by atoms with Gasteiger partial charge in [-0.05, 0) is 13.8 Å². The molecule has 0 bridgehead atoms. The van der Waals surface area contributed by atoms with Gasteiger partial charge in [0.15, 0.2) is 0 Å². The Morgan fingerprint density at radius 3 is 2.42 bits per heavy atom. The molecule has 2 heterocycles.